The van der Waals surface area contributed by atoms with Gasteiger partial charge < -0.3 is 5.32 Å². The molecular weight excluding hydrogens is 405 g/mol. The van der Waals surface area contributed by atoms with E-state index in [0.29, 0.717) is 18.7 Å². The van der Waals surface area contributed by atoms with Crippen LogP contribution in [0.5, 0.6) is 0 Å². The maximum Gasteiger partial charge on any atom is 0.416 e. The van der Waals surface area contributed by atoms with Gasteiger partial charge in [0.15, 0.2) is 0 Å². The second-order valence-corrected chi connectivity index (χ2v) is 8.37. The topological polar surface area (TPSA) is 66.5 Å². The first kappa shape index (κ1) is 22.9. The molecule has 0 aliphatic rings. The largest absolute Gasteiger partial charge is 0.416 e. The number of sulfonamides is 1. The second kappa shape index (κ2) is 8.96. The third-order valence-corrected chi connectivity index (χ3v) is 6.59. The standard InChI is InChI=1S/C20H23F3N2O3S/c1-4-25(5-2)29(27,28)18-11-9-15(10-12-18)14(3)24-19(26)16-7-6-8-17(13-16)20(21,22)23/h6-14H,4-5H2,1-3H3,(H,24,26). The highest BCUT2D eigenvalue weighted by Crippen LogP contribution is 2.29. The quantitative estimate of drug-likeness (QED) is 0.718. The monoisotopic (exact) mass is 428 g/mol. The Kier molecular flexibility index (Phi) is 7.07. The molecule has 0 bridgehead atoms. The zero-order valence-corrected chi connectivity index (χ0v) is 17.1. The predicted molar refractivity (Wildman–Crippen MR) is 104 cm³/mol. The molecule has 2 aromatic rings. The van der Waals surface area contributed by atoms with E-state index in [1.54, 1.807) is 32.9 Å². The summed E-state index contributed by atoms with van der Waals surface area (Å²) in [5.41, 5.74) is -0.375. The fourth-order valence-corrected chi connectivity index (χ4v) is 4.30. The van der Waals surface area contributed by atoms with Crippen LogP contribution < -0.4 is 5.32 Å². The van der Waals surface area contributed by atoms with E-state index in [1.165, 1.54) is 28.6 Å². The number of hydrogen-bond donors (Lipinski definition) is 1. The summed E-state index contributed by atoms with van der Waals surface area (Å²) in [6.07, 6.45) is -4.53. The Labute approximate surface area is 168 Å². The lowest BCUT2D eigenvalue weighted by molar-refractivity contribution is -0.137. The molecule has 1 amide bonds. The summed E-state index contributed by atoms with van der Waals surface area (Å²) >= 11 is 0. The lowest BCUT2D eigenvalue weighted by Crippen LogP contribution is -2.30. The van der Waals surface area contributed by atoms with Gasteiger partial charge in [0, 0.05) is 18.7 Å². The van der Waals surface area contributed by atoms with Crippen molar-refractivity contribution in [1.82, 2.24) is 9.62 Å². The smallest absolute Gasteiger partial charge is 0.346 e. The maximum atomic E-state index is 12.8. The van der Waals surface area contributed by atoms with E-state index in [4.69, 9.17) is 0 Å². The zero-order valence-electron chi connectivity index (χ0n) is 16.3. The minimum Gasteiger partial charge on any atom is -0.346 e. The molecule has 0 aromatic heterocycles. The Morgan fingerprint density at radius 1 is 1.07 bits per heavy atom. The third-order valence-electron chi connectivity index (χ3n) is 4.52. The molecule has 0 fully saturated rings. The molecule has 0 aliphatic carbocycles. The molecule has 1 N–H and O–H groups in total. The number of nitrogens with zero attached hydrogens (tertiary/aromatic N) is 1. The summed E-state index contributed by atoms with van der Waals surface area (Å²) in [7, 11) is -3.59. The van der Waals surface area contributed by atoms with Gasteiger partial charge in [0.2, 0.25) is 10.0 Å². The molecule has 29 heavy (non-hydrogen) atoms. The summed E-state index contributed by atoms with van der Waals surface area (Å²) < 4.78 is 64.8. The molecule has 0 saturated carbocycles. The van der Waals surface area contributed by atoms with Crippen molar-refractivity contribution < 1.29 is 26.4 Å². The van der Waals surface area contributed by atoms with Gasteiger partial charge in [0.05, 0.1) is 16.5 Å². The highest BCUT2D eigenvalue weighted by Gasteiger charge is 2.31. The number of alkyl halides is 3. The summed E-state index contributed by atoms with van der Waals surface area (Å²) in [6.45, 7) is 5.87. The molecule has 0 spiro atoms. The van der Waals surface area contributed by atoms with Gasteiger partial charge in [-0.2, -0.15) is 17.5 Å². The minimum absolute atomic E-state index is 0.104. The van der Waals surface area contributed by atoms with E-state index in [0.717, 1.165) is 12.1 Å². The van der Waals surface area contributed by atoms with Crippen molar-refractivity contribution in [1.29, 1.82) is 0 Å². The summed E-state index contributed by atoms with van der Waals surface area (Å²) in [6, 6.07) is 9.71. The predicted octanol–water partition coefficient (Wildman–Crippen LogP) is 4.23. The van der Waals surface area contributed by atoms with Gasteiger partial charge in [-0.25, -0.2) is 8.42 Å². The fraction of sp³-hybridized carbons (Fsp3) is 0.350. The fourth-order valence-electron chi connectivity index (χ4n) is 2.84. The maximum absolute atomic E-state index is 12.8. The molecule has 0 aliphatic heterocycles. The van der Waals surface area contributed by atoms with Gasteiger partial charge in [-0.05, 0) is 42.8 Å². The number of amides is 1. The van der Waals surface area contributed by atoms with Crippen molar-refractivity contribution in [3.63, 3.8) is 0 Å². The number of carbonyl (C=O) groups is 1. The molecule has 2 rings (SSSR count). The first-order valence-corrected chi connectivity index (χ1v) is 10.5. The van der Waals surface area contributed by atoms with Crippen LogP contribution in [0.2, 0.25) is 0 Å². The minimum atomic E-state index is -4.53. The van der Waals surface area contributed by atoms with Crippen LogP contribution in [-0.2, 0) is 16.2 Å². The van der Waals surface area contributed by atoms with E-state index in [1.807, 2.05) is 0 Å². The summed E-state index contributed by atoms with van der Waals surface area (Å²) in [4.78, 5) is 12.5. The number of benzene rings is 2. The van der Waals surface area contributed by atoms with Crippen molar-refractivity contribution >= 4 is 15.9 Å². The third kappa shape index (κ3) is 5.36. The average molecular weight is 428 g/mol. The van der Waals surface area contributed by atoms with Crippen LogP contribution in [0.3, 0.4) is 0 Å². The highest BCUT2D eigenvalue weighted by molar-refractivity contribution is 7.89. The zero-order chi connectivity index (χ0) is 21.8. The van der Waals surface area contributed by atoms with Crippen LogP contribution in [0.15, 0.2) is 53.4 Å². The molecule has 2 aromatic carbocycles. The van der Waals surface area contributed by atoms with Crippen LogP contribution in [0.25, 0.3) is 0 Å². The average Bonchev–Trinajstić information content (AvgIpc) is 2.68. The summed E-state index contributed by atoms with van der Waals surface area (Å²) in [5.74, 6) is -0.650. The Bertz CT molecular complexity index is 954. The van der Waals surface area contributed by atoms with Crippen LogP contribution in [0, 0.1) is 0 Å². The molecular formula is C20H23F3N2O3S. The van der Waals surface area contributed by atoms with E-state index in [2.05, 4.69) is 5.32 Å². The van der Waals surface area contributed by atoms with Crippen LogP contribution in [0.1, 0.15) is 48.3 Å². The SMILES string of the molecule is CCN(CC)S(=O)(=O)c1ccc(C(C)NC(=O)c2cccc(C(F)(F)F)c2)cc1. The van der Waals surface area contributed by atoms with E-state index < -0.39 is 33.7 Å². The van der Waals surface area contributed by atoms with E-state index in [9.17, 15) is 26.4 Å². The number of hydrogen-bond acceptors (Lipinski definition) is 3. The normalized spacial score (nSPS) is 13.3. The van der Waals surface area contributed by atoms with Crippen LogP contribution >= 0.6 is 0 Å². The lowest BCUT2D eigenvalue weighted by atomic mass is 10.1. The van der Waals surface area contributed by atoms with Crippen molar-refractivity contribution in [2.24, 2.45) is 0 Å². The Hall–Kier alpha value is -2.39. The number of carbonyl (C=O) groups excluding carboxylic acids is 1. The lowest BCUT2D eigenvalue weighted by Gasteiger charge is -2.19. The van der Waals surface area contributed by atoms with Crippen LogP contribution in [0.4, 0.5) is 13.2 Å². The molecule has 0 heterocycles. The Morgan fingerprint density at radius 2 is 1.66 bits per heavy atom. The first-order chi connectivity index (χ1) is 13.5. The number of halogens is 3. The van der Waals surface area contributed by atoms with Gasteiger partial charge in [0.1, 0.15) is 0 Å². The van der Waals surface area contributed by atoms with Gasteiger partial charge in [-0.1, -0.05) is 32.0 Å². The summed E-state index contributed by atoms with van der Waals surface area (Å²) in [5, 5.41) is 2.63. The van der Waals surface area contributed by atoms with E-state index >= 15 is 0 Å². The molecule has 0 saturated heterocycles. The Balaban J connectivity index is 2.16. The molecule has 1 atom stereocenters. The molecule has 5 nitrogen and oxygen atoms in total. The van der Waals surface area contributed by atoms with Crippen molar-refractivity contribution in [2.45, 2.75) is 37.9 Å². The molecule has 0 radical (unpaired) electrons. The van der Waals surface area contributed by atoms with Crippen molar-refractivity contribution in [3.8, 4) is 0 Å². The van der Waals surface area contributed by atoms with Crippen LogP contribution in [-0.4, -0.2) is 31.7 Å². The van der Waals surface area contributed by atoms with Gasteiger partial charge in [-0.3, -0.25) is 4.79 Å². The van der Waals surface area contributed by atoms with E-state index in [-0.39, 0.29) is 10.5 Å². The molecule has 158 valence electrons. The Morgan fingerprint density at radius 3 is 2.17 bits per heavy atom. The van der Waals surface area contributed by atoms with Gasteiger partial charge >= 0.3 is 6.18 Å². The van der Waals surface area contributed by atoms with Crippen molar-refractivity contribution in [3.05, 3.63) is 65.2 Å². The van der Waals surface area contributed by atoms with Gasteiger partial charge in [-0.15, -0.1) is 0 Å². The first-order valence-electron chi connectivity index (χ1n) is 9.09. The number of nitrogens with one attached hydrogen (secondary N) is 1. The van der Waals surface area contributed by atoms with Gasteiger partial charge in [0.25, 0.3) is 5.91 Å². The second-order valence-electron chi connectivity index (χ2n) is 6.43. The molecule has 1 unspecified atom stereocenters. The highest BCUT2D eigenvalue weighted by atomic mass is 32.2. The van der Waals surface area contributed by atoms with Crippen molar-refractivity contribution in [2.75, 3.05) is 13.1 Å². The molecule has 9 heteroatoms. The number of rotatable bonds is 7.